The van der Waals surface area contributed by atoms with Crippen LogP contribution in [0.15, 0.2) is 47.4 Å². The van der Waals surface area contributed by atoms with Crippen LogP contribution in [0.3, 0.4) is 0 Å². The first-order valence-corrected chi connectivity index (χ1v) is 10.8. The fourth-order valence-corrected chi connectivity index (χ4v) is 4.19. The van der Waals surface area contributed by atoms with Crippen LogP contribution in [0.5, 0.6) is 11.5 Å². The predicted octanol–water partition coefficient (Wildman–Crippen LogP) is 3.25. The highest BCUT2D eigenvalue weighted by atomic mass is 35.5. The summed E-state index contributed by atoms with van der Waals surface area (Å²) in [4.78, 5) is 12.3. The number of methoxy groups -OCH3 is 1. The third kappa shape index (κ3) is 5.85. The Bertz CT molecular complexity index is 948. The summed E-state index contributed by atoms with van der Waals surface area (Å²) in [6.07, 6.45) is 0. The second-order valence-corrected chi connectivity index (χ2v) is 8.80. The van der Waals surface area contributed by atoms with E-state index in [2.05, 4.69) is 5.32 Å². The number of likely N-dealkylation sites (N-methyl/N-ethyl adjacent to an activating group) is 1. The van der Waals surface area contributed by atoms with Crippen LogP contribution < -0.4 is 14.8 Å². The molecule has 1 amide bonds. The Morgan fingerprint density at radius 2 is 1.86 bits per heavy atom. The zero-order valence-corrected chi connectivity index (χ0v) is 18.4. The van der Waals surface area contributed by atoms with Crippen LogP contribution in [0.25, 0.3) is 0 Å². The average Bonchev–Trinajstić information content (AvgIpc) is 2.69. The maximum absolute atomic E-state index is 12.9. The van der Waals surface area contributed by atoms with Gasteiger partial charge in [0.25, 0.3) is 0 Å². The summed E-state index contributed by atoms with van der Waals surface area (Å²) in [7, 11) is -1.06. The number of rotatable bonds is 9. The monoisotopic (exact) mass is 440 g/mol. The fraction of sp³-hybridized carbons (Fsp3) is 0.350. The Balaban J connectivity index is 2.10. The summed E-state index contributed by atoms with van der Waals surface area (Å²) in [6.45, 7) is 3.52. The van der Waals surface area contributed by atoms with E-state index in [-0.39, 0.29) is 28.3 Å². The van der Waals surface area contributed by atoms with Gasteiger partial charge in [0.2, 0.25) is 15.9 Å². The molecule has 7 nitrogen and oxygen atoms in total. The molecule has 0 aliphatic heterocycles. The molecule has 29 heavy (non-hydrogen) atoms. The SMILES string of the molecule is CCOc1ccc(Cl)cc1S(=O)(=O)N(C)CC(=O)NC(C)c1ccc(OC)cc1. The summed E-state index contributed by atoms with van der Waals surface area (Å²) in [5.74, 6) is 0.472. The van der Waals surface area contributed by atoms with E-state index in [9.17, 15) is 13.2 Å². The molecule has 0 saturated heterocycles. The zero-order chi connectivity index (χ0) is 21.6. The van der Waals surface area contributed by atoms with Crippen molar-refractivity contribution in [1.82, 2.24) is 9.62 Å². The number of carbonyl (C=O) groups is 1. The molecular weight excluding hydrogens is 416 g/mol. The Labute approximate surface area is 176 Å². The lowest BCUT2D eigenvalue weighted by Gasteiger charge is -2.21. The molecule has 0 spiro atoms. The van der Waals surface area contributed by atoms with E-state index in [1.165, 1.54) is 19.2 Å². The minimum Gasteiger partial charge on any atom is -0.497 e. The van der Waals surface area contributed by atoms with Crippen LogP contribution in [-0.4, -0.2) is 45.9 Å². The number of ether oxygens (including phenoxy) is 2. The smallest absolute Gasteiger partial charge is 0.247 e. The third-order valence-electron chi connectivity index (χ3n) is 4.25. The van der Waals surface area contributed by atoms with Crippen molar-refractivity contribution in [3.8, 4) is 11.5 Å². The quantitative estimate of drug-likeness (QED) is 0.647. The number of nitrogens with zero attached hydrogens (tertiary/aromatic N) is 1. The molecule has 1 unspecified atom stereocenters. The maximum atomic E-state index is 12.9. The molecule has 0 radical (unpaired) electrons. The number of halogens is 1. The lowest BCUT2D eigenvalue weighted by Crippen LogP contribution is -2.39. The van der Waals surface area contributed by atoms with E-state index in [1.807, 2.05) is 19.1 Å². The van der Waals surface area contributed by atoms with Gasteiger partial charge >= 0.3 is 0 Å². The van der Waals surface area contributed by atoms with Crippen molar-refractivity contribution < 1.29 is 22.7 Å². The maximum Gasteiger partial charge on any atom is 0.247 e. The molecule has 0 bridgehead atoms. The summed E-state index contributed by atoms with van der Waals surface area (Å²) in [5.41, 5.74) is 0.873. The van der Waals surface area contributed by atoms with Crippen molar-refractivity contribution in [1.29, 1.82) is 0 Å². The molecule has 2 rings (SSSR count). The lowest BCUT2D eigenvalue weighted by atomic mass is 10.1. The molecular formula is C20H25ClN2O5S. The topological polar surface area (TPSA) is 84.9 Å². The van der Waals surface area contributed by atoms with Crippen molar-refractivity contribution >= 4 is 27.5 Å². The third-order valence-corrected chi connectivity index (χ3v) is 6.31. The van der Waals surface area contributed by atoms with Crippen LogP contribution in [0.4, 0.5) is 0 Å². The van der Waals surface area contributed by atoms with Crippen molar-refractivity contribution in [2.45, 2.75) is 24.8 Å². The van der Waals surface area contributed by atoms with Crippen molar-refractivity contribution in [2.75, 3.05) is 27.3 Å². The molecule has 2 aromatic carbocycles. The number of nitrogens with one attached hydrogen (secondary N) is 1. The van der Waals surface area contributed by atoms with Gasteiger partial charge in [0, 0.05) is 12.1 Å². The summed E-state index contributed by atoms with van der Waals surface area (Å²) < 4.78 is 37.4. The molecule has 0 aliphatic carbocycles. The number of amides is 1. The van der Waals surface area contributed by atoms with E-state index in [0.717, 1.165) is 9.87 Å². The van der Waals surface area contributed by atoms with Gasteiger partial charge in [-0.05, 0) is 49.7 Å². The van der Waals surface area contributed by atoms with Gasteiger partial charge in [0.05, 0.1) is 26.3 Å². The standard InChI is InChI=1S/C20H25ClN2O5S/c1-5-28-18-11-8-16(21)12-19(18)29(25,26)23(3)13-20(24)22-14(2)15-6-9-17(27-4)10-7-15/h6-12,14H,5,13H2,1-4H3,(H,22,24). The highest BCUT2D eigenvalue weighted by Crippen LogP contribution is 2.29. The van der Waals surface area contributed by atoms with Gasteiger partial charge in [0.15, 0.2) is 0 Å². The number of sulfonamides is 1. The van der Waals surface area contributed by atoms with Crippen molar-refractivity contribution in [3.05, 3.63) is 53.1 Å². The summed E-state index contributed by atoms with van der Waals surface area (Å²) >= 11 is 5.96. The van der Waals surface area contributed by atoms with Gasteiger partial charge in [-0.25, -0.2) is 8.42 Å². The van der Waals surface area contributed by atoms with Crippen molar-refractivity contribution in [3.63, 3.8) is 0 Å². The number of benzene rings is 2. The first kappa shape index (κ1) is 23.0. The minimum atomic E-state index is -3.97. The van der Waals surface area contributed by atoms with Gasteiger partial charge in [-0.2, -0.15) is 4.31 Å². The molecule has 0 fully saturated rings. The molecule has 0 heterocycles. The number of hydrogen-bond acceptors (Lipinski definition) is 5. The highest BCUT2D eigenvalue weighted by Gasteiger charge is 2.27. The number of carbonyl (C=O) groups excluding carboxylic acids is 1. The Morgan fingerprint density at radius 1 is 1.21 bits per heavy atom. The van der Waals surface area contributed by atoms with E-state index < -0.39 is 15.9 Å². The first-order chi connectivity index (χ1) is 13.7. The van der Waals surface area contributed by atoms with Crippen molar-refractivity contribution in [2.24, 2.45) is 0 Å². The molecule has 0 saturated carbocycles. The molecule has 0 aromatic heterocycles. The molecule has 1 N–H and O–H groups in total. The Morgan fingerprint density at radius 3 is 2.45 bits per heavy atom. The predicted molar refractivity (Wildman–Crippen MR) is 112 cm³/mol. The summed E-state index contributed by atoms with van der Waals surface area (Å²) in [6, 6.07) is 11.3. The molecule has 2 aromatic rings. The second-order valence-electron chi connectivity index (χ2n) is 6.35. The van der Waals surface area contributed by atoms with E-state index in [0.29, 0.717) is 12.4 Å². The Hall–Kier alpha value is -2.29. The first-order valence-electron chi connectivity index (χ1n) is 9.01. The number of hydrogen-bond donors (Lipinski definition) is 1. The van der Waals surface area contributed by atoms with Crippen LogP contribution in [0, 0.1) is 0 Å². The van der Waals surface area contributed by atoms with Gasteiger partial charge in [-0.3, -0.25) is 4.79 Å². The van der Waals surface area contributed by atoms with E-state index in [4.69, 9.17) is 21.1 Å². The summed E-state index contributed by atoms with van der Waals surface area (Å²) in [5, 5.41) is 3.06. The molecule has 9 heteroatoms. The largest absolute Gasteiger partial charge is 0.497 e. The lowest BCUT2D eigenvalue weighted by molar-refractivity contribution is -0.121. The van der Waals surface area contributed by atoms with E-state index in [1.54, 1.807) is 32.2 Å². The highest BCUT2D eigenvalue weighted by molar-refractivity contribution is 7.89. The minimum absolute atomic E-state index is 0.0784. The van der Waals surface area contributed by atoms with Gasteiger partial charge in [-0.1, -0.05) is 23.7 Å². The van der Waals surface area contributed by atoms with Gasteiger partial charge in [-0.15, -0.1) is 0 Å². The molecule has 158 valence electrons. The van der Waals surface area contributed by atoms with Gasteiger partial charge < -0.3 is 14.8 Å². The normalized spacial score (nSPS) is 12.5. The van der Waals surface area contributed by atoms with Crippen LogP contribution >= 0.6 is 11.6 Å². The molecule has 0 aliphatic rings. The van der Waals surface area contributed by atoms with Crippen LogP contribution in [-0.2, 0) is 14.8 Å². The zero-order valence-electron chi connectivity index (χ0n) is 16.8. The van der Waals surface area contributed by atoms with Gasteiger partial charge in [0.1, 0.15) is 16.4 Å². The average molecular weight is 441 g/mol. The second kappa shape index (κ2) is 9.96. The molecule has 1 atom stereocenters. The van der Waals surface area contributed by atoms with Crippen LogP contribution in [0.2, 0.25) is 5.02 Å². The Kier molecular flexibility index (Phi) is 7.89. The van der Waals surface area contributed by atoms with E-state index >= 15 is 0 Å². The van der Waals surface area contributed by atoms with Crippen LogP contribution in [0.1, 0.15) is 25.5 Å². The fourth-order valence-electron chi connectivity index (χ4n) is 2.68.